The lowest BCUT2D eigenvalue weighted by Crippen LogP contribution is -2.46. The maximum absolute atomic E-state index is 14.2. The maximum Gasteiger partial charge on any atom is 0.246 e. The molecule has 0 aliphatic carbocycles. The Labute approximate surface area is 236 Å². The highest BCUT2D eigenvalue weighted by molar-refractivity contribution is 5.91. The van der Waals surface area contributed by atoms with Crippen LogP contribution in [0.25, 0.3) is 6.08 Å². The van der Waals surface area contributed by atoms with E-state index < -0.39 is 0 Å². The standard InChI is InChI=1S/C33H38FN3O3/c1-39-29-14-11-26(12-15-29)13-16-33(38)37-17-5-7-28(24-37)25-40-30-8-4-6-27(22-30)23-35-18-20-36(21-19-35)32-10-3-2-9-31(32)34/h2-4,6,8-16,22,28H,5,7,17-21,23-25H2,1H3. The van der Waals surface area contributed by atoms with Gasteiger partial charge < -0.3 is 19.3 Å². The second-order valence-corrected chi connectivity index (χ2v) is 10.6. The minimum absolute atomic E-state index is 0.0395. The van der Waals surface area contributed by atoms with Crippen molar-refractivity contribution in [3.63, 3.8) is 0 Å². The summed E-state index contributed by atoms with van der Waals surface area (Å²) in [5.41, 5.74) is 2.87. The molecule has 2 saturated heterocycles. The van der Waals surface area contributed by atoms with Crippen molar-refractivity contribution >= 4 is 17.7 Å². The maximum atomic E-state index is 14.2. The Morgan fingerprint density at radius 1 is 0.950 bits per heavy atom. The molecule has 3 aromatic rings. The quantitative estimate of drug-likeness (QED) is 0.334. The second kappa shape index (κ2) is 13.5. The van der Waals surface area contributed by atoms with Crippen molar-refractivity contribution in [3.05, 3.63) is 95.8 Å². The van der Waals surface area contributed by atoms with Crippen molar-refractivity contribution < 1.29 is 18.7 Å². The lowest BCUT2D eigenvalue weighted by molar-refractivity contribution is -0.127. The third kappa shape index (κ3) is 7.42. The first-order chi connectivity index (χ1) is 19.6. The van der Waals surface area contributed by atoms with Gasteiger partial charge in [0.2, 0.25) is 5.91 Å². The van der Waals surface area contributed by atoms with Crippen LogP contribution in [0.2, 0.25) is 0 Å². The molecule has 210 valence electrons. The van der Waals surface area contributed by atoms with E-state index in [4.69, 9.17) is 9.47 Å². The van der Waals surface area contributed by atoms with Crippen LogP contribution in [0.1, 0.15) is 24.0 Å². The van der Waals surface area contributed by atoms with Crippen molar-refractivity contribution in [2.45, 2.75) is 19.4 Å². The van der Waals surface area contributed by atoms with Gasteiger partial charge in [0.15, 0.2) is 0 Å². The Morgan fingerprint density at radius 3 is 2.52 bits per heavy atom. The van der Waals surface area contributed by atoms with E-state index in [2.05, 4.69) is 21.9 Å². The fraction of sp³-hybridized carbons (Fsp3) is 0.364. The first kappa shape index (κ1) is 27.7. The molecule has 1 unspecified atom stereocenters. The van der Waals surface area contributed by atoms with Gasteiger partial charge in [-0.05, 0) is 66.4 Å². The minimum Gasteiger partial charge on any atom is -0.497 e. The van der Waals surface area contributed by atoms with Gasteiger partial charge >= 0.3 is 0 Å². The number of ether oxygens (including phenoxy) is 2. The van der Waals surface area contributed by atoms with E-state index in [1.165, 1.54) is 11.6 Å². The number of likely N-dealkylation sites (tertiary alicyclic amines) is 1. The van der Waals surface area contributed by atoms with Gasteiger partial charge in [-0.3, -0.25) is 9.69 Å². The third-order valence-electron chi connectivity index (χ3n) is 7.72. The highest BCUT2D eigenvalue weighted by Gasteiger charge is 2.23. The number of carbonyl (C=O) groups is 1. The van der Waals surface area contributed by atoms with Crippen molar-refractivity contribution in [2.75, 3.05) is 57.9 Å². The number of para-hydroxylation sites is 1. The van der Waals surface area contributed by atoms with E-state index >= 15 is 0 Å². The third-order valence-corrected chi connectivity index (χ3v) is 7.72. The number of anilines is 1. The van der Waals surface area contributed by atoms with E-state index in [1.54, 1.807) is 19.3 Å². The van der Waals surface area contributed by atoms with Gasteiger partial charge in [0, 0.05) is 57.8 Å². The molecule has 1 atom stereocenters. The van der Waals surface area contributed by atoms with Crippen LogP contribution in [-0.4, -0.2) is 68.7 Å². The van der Waals surface area contributed by atoms with Crippen molar-refractivity contribution in [1.82, 2.24) is 9.80 Å². The predicted octanol–water partition coefficient (Wildman–Crippen LogP) is 5.49. The lowest BCUT2D eigenvalue weighted by Gasteiger charge is -2.36. The number of benzene rings is 3. The molecule has 6 nitrogen and oxygen atoms in total. The van der Waals surface area contributed by atoms with Gasteiger partial charge in [0.1, 0.15) is 17.3 Å². The molecule has 40 heavy (non-hydrogen) atoms. The molecule has 0 bridgehead atoms. The van der Waals surface area contributed by atoms with Crippen molar-refractivity contribution in [2.24, 2.45) is 5.92 Å². The number of halogens is 1. The van der Waals surface area contributed by atoms with Gasteiger partial charge in [-0.25, -0.2) is 4.39 Å². The molecule has 0 radical (unpaired) electrons. The largest absolute Gasteiger partial charge is 0.497 e. The average molecular weight is 544 g/mol. The summed E-state index contributed by atoms with van der Waals surface area (Å²) in [6.45, 7) is 6.31. The summed E-state index contributed by atoms with van der Waals surface area (Å²) in [5, 5.41) is 0. The zero-order chi connectivity index (χ0) is 27.7. The molecule has 7 heteroatoms. The predicted molar refractivity (Wildman–Crippen MR) is 157 cm³/mol. The van der Waals surface area contributed by atoms with Gasteiger partial charge in [0.25, 0.3) is 0 Å². The molecule has 2 heterocycles. The molecule has 0 aromatic heterocycles. The zero-order valence-corrected chi connectivity index (χ0v) is 23.2. The summed E-state index contributed by atoms with van der Waals surface area (Å²) in [6, 6.07) is 23.0. The molecule has 0 N–H and O–H groups in total. The van der Waals surface area contributed by atoms with Gasteiger partial charge in [-0.15, -0.1) is 0 Å². The zero-order valence-electron chi connectivity index (χ0n) is 23.2. The number of rotatable bonds is 9. The topological polar surface area (TPSA) is 45.2 Å². The highest BCUT2D eigenvalue weighted by Crippen LogP contribution is 2.23. The lowest BCUT2D eigenvalue weighted by atomic mass is 9.99. The first-order valence-electron chi connectivity index (χ1n) is 14.1. The second-order valence-electron chi connectivity index (χ2n) is 10.6. The van der Waals surface area contributed by atoms with Crippen LogP contribution < -0.4 is 14.4 Å². The average Bonchev–Trinajstić information content (AvgIpc) is 3.00. The van der Waals surface area contributed by atoms with Crippen LogP contribution in [0, 0.1) is 11.7 Å². The van der Waals surface area contributed by atoms with Crippen LogP contribution in [0.3, 0.4) is 0 Å². The van der Waals surface area contributed by atoms with Crippen LogP contribution in [0.15, 0.2) is 78.9 Å². The summed E-state index contributed by atoms with van der Waals surface area (Å²) in [7, 11) is 1.64. The van der Waals surface area contributed by atoms with E-state index in [1.807, 2.05) is 59.5 Å². The van der Waals surface area contributed by atoms with E-state index in [0.29, 0.717) is 24.8 Å². The number of amides is 1. The summed E-state index contributed by atoms with van der Waals surface area (Å²) < 4.78 is 25.6. The number of carbonyl (C=O) groups excluding carboxylic acids is 1. The van der Waals surface area contributed by atoms with Crippen LogP contribution in [0.5, 0.6) is 11.5 Å². The highest BCUT2D eigenvalue weighted by atomic mass is 19.1. The van der Waals surface area contributed by atoms with Gasteiger partial charge in [-0.1, -0.05) is 36.4 Å². The number of hydrogen-bond donors (Lipinski definition) is 0. The van der Waals surface area contributed by atoms with Crippen molar-refractivity contribution in [1.29, 1.82) is 0 Å². The smallest absolute Gasteiger partial charge is 0.246 e. The molecule has 0 spiro atoms. The Bertz CT molecular complexity index is 1290. The Kier molecular flexibility index (Phi) is 9.34. The molecular weight excluding hydrogens is 505 g/mol. The summed E-state index contributed by atoms with van der Waals surface area (Å²) in [4.78, 5) is 19.3. The SMILES string of the molecule is COc1ccc(C=CC(=O)N2CCCC(COc3cccc(CN4CCN(c5ccccc5F)CC4)c3)C2)cc1. The fourth-order valence-electron chi connectivity index (χ4n) is 5.45. The molecule has 1 amide bonds. The summed E-state index contributed by atoms with van der Waals surface area (Å²) >= 11 is 0. The van der Waals surface area contributed by atoms with Gasteiger partial charge in [-0.2, -0.15) is 0 Å². The van der Waals surface area contributed by atoms with Crippen LogP contribution in [0.4, 0.5) is 10.1 Å². The van der Waals surface area contributed by atoms with Crippen LogP contribution in [-0.2, 0) is 11.3 Å². The van der Waals surface area contributed by atoms with Gasteiger partial charge in [0.05, 0.1) is 19.4 Å². The molecular formula is C33H38FN3O3. The molecule has 3 aromatic carbocycles. The monoisotopic (exact) mass is 543 g/mol. The van der Waals surface area contributed by atoms with E-state index in [-0.39, 0.29) is 11.7 Å². The Balaban J connectivity index is 1.08. The normalized spacial score (nSPS) is 18.2. The van der Waals surface area contributed by atoms with Crippen molar-refractivity contribution in [3.8, 4) is 11.5 Å². The number of nitrogens with zero attached hydrogens (tertiary/aromatic N) is 3. The summed E-state index contributed by atoms with van der Waals surface area (Å²) in [5.74, 6) is 1.86. The number of piperazine rings is 1. The Hall–Kier alpha value is -3.84. The number of hydrogen-bond acceptors (Lipinski definition) is 5. The molecule has 2 aliphatic heterocycles. The minimum atomic E-state index is -0.156. The number of piperidine rings is 1. The Morgan fingerprint density at radius 2 is 1.75 bits per heavy atom. The molecule has 2 fully saturated rings. The first-order valence-corrected chi connectivity index (χ1v) is 14.1. The molecule has 5 rings (SSSR count). The molecule has 2 aliphatic rings. The summed E-state index contributed by atoms with van der Waals surface area (Å²) in [6.07, 6.45) is 5.55. The van der Waals surface area contributed by atoms with E-state index in [0.717, 1.165) is 69.2 Å². The van der Waals surface area contributed by atoms with Crippen LogP contribution >= 0.6 is 0 Å². The fourth-order valence-corrected chi connectivity index (χ4v) is 5.45. The molecule has 0 saturated carbocycles. The van der Waals surface area contributed by atoms with E-state index in [9.17, 15) is 9.18 Å². The number of methoxy groups -OCH3 is 1.